The fraction of sp³-hybridized carbons (Fsp3) is 0.769. The van der Waals surface area contributed by atoms with Crippen molar-refractivity contribution in [2.45, 2.75) is 32.1 Å². The fourth-order valence-electron chi connectivity index (χ4n) is 2.10. The molecule has 4 heteroatoms. The van der Waals surface area contributed by atoms with E-state index >= 15 is 0 Å². The lowest BCUT2D eigenvalue weighted by Crippen LogP contribution is -2.33. The van der Waals surface area contributed by atoms with Crippen molar-refractivity contribution < 1.29 is 4.74 Å². The molecular weight excluding hydrogens is 214 g/mol. The number of nitrogens with zero attached hydrogens (tertiary/aromatic N) is 1. The third kappa shape index (κ3) is 4.38. The molecule has 0 unspecified atom stereocenters. The number of hydrogen-bond donors (Lipinski definition) is 2. The van der Waals surface area contributed by atoms with Gasteiger partial charge in [-0.3, -0.25) is 4.99 Å². The van der Waals surface area contributed by atoms with Crippen LogP contribution in [0.5, 0.6) is 0 Å². The van der Waals surface area contributed by atoms with Gasteiger partial charge in [-0.2, -0.15) is 0 Å². The molecule has 17 heavy (non-hydrogen) atoms. The van der Waals surface area contributed by atoms with E-state index in [2.05, 4.69) is 16.4 Å². The standard InChI is InChI=1S/C13H23N3O/c14-13(16-10-12-2-1-3-12)15-7-4-11-5-8-17-9-6-11/h5,12H,1-4,6-10H2,(H3,14,15,16). The summed E-state index contributed by atoms with van der Waals surface area (Å²) in [5.41, 5.74) is 7.28. The van der Waals surface area contributed by atoms with Crippen LogP contribution in [0.15, 0.2) is 16.6 Å². The number of nitrogens with one attached hydrogen (secondary N) is 1. The average molecular weight is 237 g/mol. The maximum atomic E-state index is 5.81. The molecule has 0 saturated heterocycles. The van der Waals surface area contributed by atoms with Gasteiger partial charge < -0.3 is 15.8 Å². The molecule has 96 valence electrons. The molecule has 0 bridgehead atoms. The van der Waals surface area contributed by atoms with Crippen molar-refractivity contribution in [1.29, 1.82) is 0 Å². The third-order valence-corrected chi connectivity index (χ3v) is 3.55. The molecule has 4 nitrogen and oxygen atoms in total. The van der Waals surface area contributed by atoms with Crippen molar-refractivity contribution in [3.8, 4) is 0 Å². The van der Waals surface area contributed by atoms with Crippen LogP contribution in [0, 0.1) is 5.92 Å². The largest absolute Gasteiger partial charge is 0.377 e. The summed E-state index contributed by atoms with van der Waals surface area (Å²) in [5.74, 6) is 1.39. The second-order valence-corrected chi connectivity index (χ2v) is 4.89. The Hall–Kier alpha value is -1.03. The van der Waals surface area contributed by atoms with Gasteiger partial charge in [0.15, 0.2) is 5.96 Å². The van der Waals surface area contributed by atoms with Gasteiger partial charge in [0.1, 0.15) is 0 Å². The summed E-state index contributed by atoms with van der Waals surface area (Å²) in [7, 11) is 0. The van der Waals surface area contributed by atoms with Crippen LogP contribution in [0.1, 0.15) is 32.1 Å². The highest BCUT2D eigenvalue weighted by Crippen LogP contribution is 2.26. The molecule has 1 aliphatic carbocycles. The van der Waals surface area contributed by atoms with Crippen LogP contribution in [-0.2, 0) is 4.74 Å². The highest BCUT2D eigenvalue weighted by molar-refractivity contribution is 5.77. The first-order valence-electron chi connectivity index (χ1n) is 6.64. The van der Waals surface area contributed by atoms with Crippen molar-refractivity contribution in [3.05, 3.63) is 11.6 Å². The van der Waals surface area contributed by atoms with Crippen molar-refractivity contribution in [3.63, 3.8) is 0 Å². The number of nitrogens with two attached hydrogens (primary N) is 1. The van der Waals surface area contributed by atoms with Crippen LogP contribution in [0.2, 0.25) is 0 Å². The maximum Gasteiger partial charge on any atom is 0.188 e. The molecule has 0 radical (unpaired) electrons. The molecule has 2 rings (SSSR count). The number of guanidine groups is 1. The van der Waals surface area contributed by atoms with E-state index in [1.54, 1.807) is 0 Å². The van der Waals surface area contributed by atoms with Crippen LogP contribution in [0.4, 0.5) is 0 Å². The lowest BCUT2D eigenvalue weighted by Gasteiger charge is -2.23. The zero-order valence-electron chi connectivity index (χ0n) is 10.5. The SMILES string of the molecule is NC(=NCC1CCC1)NCCC1=CCOCC1. The summed E-state index contributed by atoms with van der Waals surface area (Å²) in [4.78, 5) is 4.37. The van der Waals surface area contributed by atoms with E-state index in [0.717, 1.165) is 45.1 Å². The smallest absolute Gasteiger partial charge is 0.188 e. The van der Waals surface area contributed by atoms with Gasteiger partial charge in [-0.15, -0.1) is 0 Å². The molecule has 2 aliphatic rings. The first kappa shape index (κ1) is 12.4. The molecule has 0 aromatic rings. The van der Waals surface area contributed by atoms with Gasteiger partial charge in [0.05, 0.1) is 13.2 Å². The van der Waals surface area contributed by atoms with Gasteiger partial charge in [0.25, 0.3) is 0 Å². The molecule has 0 atom stereocenters. The summed E-state index contributed by atoms with van der Waals surface area (Å²) >= 11 is 0. The lowest BCUT2D eigenvalue weighted by atomic mass is 9.86. The van der Waals surface area contributed by atoms with Crippen LogP contribution >= 0.6 is 0 Å². The van der Waals surface area contributed by atoms with Gasteiger partial charge in [0.2, 0.25) is 0 Å². The second-order valence-electron chi connectivity index (χ2n) is 4.89. The van der Waals surface area contributed by atoms with Gasteiger partial charge in [0, 0.05) is 13.1 Å². The Morgan fingerprint density at radius 2 is 2.41 bits per heavy atom. The van der Waals surface area contributed by atoms with E-state index in [1.165, 1.54) is 24.8 Å². The highest BCUT2D eigenvalue weighted by Gasteiger charge is 2.16. The third-order valence-electron chi connectivity index (χ3n) is 3.55. The minimum Gasteiger partial charge on any atom is -0.377 e. The summed E-state index contributed by atoms with van der Waals surface area (Å²) < 4.78 is 5.27. The molecule has 0 amide bonds. The zero-order chi connectivity index (χ0) is 11.9. The van der Waals surface area contributed by atoms with Crippen LogP contribution in [0.3, 0.4) is 0 Å². The Bertz CT molecular complexity index is 295. The Morgan fingerprint density at radius 1 is 1.53 bits per heavy atom. The van der Waals surface area contributed by atoms with E-state index in [0.29, 0.717) is 5.96 Å². The fourth-order valence-corrected chi connectivity index (χ4v) is 2.10. The topological polar surface area (TPSA) is 59.6 Å². The summed E-state index contributed by atoms with van der Waals surface area (Å²) in [6.45, 7) is 3.40. The minimum atomic E-state index is 0.601. The van der Waals surface area contributed by atoms with Gasteiger partial charge in [-0.05, 0) is 31.6 Å². The van der Waals surface area contributed by atoms with Gasteiger partial charge in [-0.1, -0.05) is 18.1 Å². The van der Waals surface area contributed by atoms with E-state index in [-0.39, 0.29) is 0 Å². The first-order valence-corrected chi connectivity index (χ1v) is 6.64. The second kappa shape index (κ2) is 6.64. The Labute approximate surface area is 103 Å². The summed E-state index contributed by atoms with van der Waals surface area (Å²) in [6, 6.07) is 0. The average Bonchev–Trinajstić information content (AvgIpc) is 2.28. The molecule has 0 aromatic heterocycles. The Kier molecular flexibility index (Phi) is 4.86. The number of rotatable bonds is 5. The molecule has 0 aromatic carbocycles. The molecule has 1 fully saturated rings. The highest BCUT2D eigenvalue weighted by atomic mass is 16.5. The summed E-state index contributed by atoms with van der Waals surface area (Å²) in [6.07, 6.45) is 8.29. The first-order chi connectivity index (χ1) is 8.34. The van der Waals surface area contributed by atoms with Crippen LogP contribution < -0.4 is 11.1 Å². The molecule has 1 aliphatic heterocycles. The van der Waals surface area contributed by atoms with E-state index in [9.17, 15) is 0 Å². The van der Waals surface area contributed by atoms with Crippen LogP contribution in [0.25, 0.3) is 0 Å². The molecule has 0 spiro atoms. The maximum absolute atomic E-state index is 5.81. The van der Waals surface area contributed by atoms with Crippen molar-refractivity contribution in [1.82, 2.24) is 5.32 Å². The van der Waals surface area contributed by atoms with E-state index in [4.69, 9.17) is 10.5 Å². The van der Waals surface area contributed by atoms with Gasteiger partial charge in [-0.25, -0.2) is 0 Å². The van der Waals surface area contributed by atoms with E-state index in [1.807, 2.05) is 0 Å². The molecule has 3 N–H and O–H groups in total. The van der Waals surface area contributed by atoms with Crippen molar-refractivity contribution in [2.24, 2.45) is 16.6 Å². The normalized spacial score (nSPS) is 21.9. The number of aliphatic imine (C=N–C) groups is 1. The monoisotopic (exact) mass is 237 g/mol. The predicted octanol–water partition coefficient (Wildman–Crippen LogP) is 1.43. The zero-order valence-corrected chi connectivity index (χ0v) is 10.5. The van der Waals surface area contributed by atoms with Crippen LogP contribution in [-0.4, -0.2) is 32.3 Å². The quantitative estimate of drug-likeness (QED) is 0.432. The Balaban J connectivity index is 1.58. The Morgan fingerprint density at radius 3 is 3.06 bits per heavy atom. The minimum absolute atomic E-state index is 0.601. The molecular formula is C13H23N3O. The number of hydrogen-bond acceptors (Lipinski definition) is 2. The lowest BCUT2D eigenvalue weighted by molar-refractivity contribution is 0.153. The predicted molar refractivity (Wildman–Crippen MR) is 70.0 cm³/mol. The number of ether oxygens (including phenoxy) is 1. The van der Waals surface area contributed by atoms with Crippen molar-refractivity contribution >= 4 is 5.96 Å². The van der Waals surface area contributed by atoms with Crippen molar-refractivity contribution in [2.75, 3.05) is 26.3 Å². The van der Waals surface area contributed by atoms with Gasteiger partial charge >= 0.3 is 0 Å². The molecule has 1 saturated carbocycles. The summed E-state index contributed by atoms with van der Waals surface area (Å²) in [5, 5.41) is 3.18. The van der Waals surface area contributed by atoms with E-state index < -0.39 is 0 Å². The molecule has 1 heterocycles.